The Morgan fingerprint density at radius 2 is 1.84 bits per heavy atom. The molecule has 2 unspecified atom stereocenters. The Bertz CT molecular complexity index is 373. The van der Waals surface area contributed by atoms with Gasteiger partial charge in [0.1, 0.15) is 0 Å². The molecule has 1 aliphatic heterocycles. The number of rotatable bonds is 4. The summed E-state index contributed by atoms with van der Waals surface area (Å²) >= 11 is 0. The minimum atomic E-state index is 0.442. The predicted molar refractivity (Wildman–Crippen MR) is 78.7 cm³/mol. The maximum Gasteiger partial charge on any atom is 0.0515 e. The molecular weight excluding hydrogens is 234 g/mol. The van der Waals surface area contributed by atoms with E-state index in [-0.39, 0.29) is 0 Å². The van der Waals surface area contributed by atoms with Gasteiger partial charge in [0.05, 0.1) is 6.04 Å². The van der Waals surface area contributed by atoms with Crippen LogP contribution in [0.3, 0.4) is 0 Å². The van der Waals surface area contributed by atoms with E-state index in [0.29, 0.717) is 12.0 Å². The summed E-state index contributed by atoms with van der Waals surface area (Å²) in [6.45, 7) is 2.17. The van der Waals surface area contributed by atoms with E-state index in [1.807, 2.05) is 0 Å². The average molecular weight is 259 g/mol. The first-order chi connectivity index (χ1) is 9.43. The molecule has 0 bridgehead atoms. The lowest BCUT2D eigenvalue weighted by Gasteiger charge is -2.26. The van der Waals surface area contributed by atoms with Crippen LogP contribution in [0, 0.1) is 5.92 Å². The lowest BCUT2D eigenvalue weighted by Crippen LogP contribution is -2.37. The van der Waals surface area contributed by atoms with Gasteiger partial charge >= 0.3 is 0 Å². The molecule has 3 N–H and O–H groups in total. The van der Waals surface area contributed by atoms with Crippen molar-refractivity contribution in [3.8, 4) is 0 Å². The van der Waals surface area contributed by atoms with Crippen LogP contribution >= 0.6 is 0 Å². The molecule has 2 atom stereocenters. The largest absolute Gasteiger partial charge is 0.314 e. The van der Waals surface area contributed by atoms with E-state index >= 15 is 0 Å². The lowest BCUT2D eigenvalue weighted by atomic mass is 9.92. The van der Waals surface area contributed by atoms with E-state index in [0.717, 1.165) is 19.1 Å². The molecule has 1 aliphatic carbocycles. The van der Waals surface area contributed by atoms with Crippen molar-refractivity contribution in [2.45, 2.75) is 44.2 Å². The maximum atomic E-state index is 3.78. The van der Waals surface area contributed by atoms with Gasteiger partial charge in [0.25, 0.3) is 0 Å². The van der Waals surface area contributed by atoms with Crippen LogP contribution in [0.2, 0.25) is 0 Å². The third-order valence-electron chi connectivity index (χ3n) is 4.53. The Balaban J connectivity index is 1.54. The van der Waals surface area contributed by atoms with Crippen LogP contribution in [-0.4, -0.2) is 19.1 Å². The zero-order chi connectivity index (χ0) is 12.9. The fourth-order valence-electron chi connectivity index (χ4n) is 3.37. The number of hydrogen-bond donors (Lipinski definition) is 3. The number of hydrogen-bond acceptors (Lipinski definition) is 3. The molecule has 0 radical (unpaired) electrons. The van der Waals surface area contributed by atoms with Crippen molar-refractivity contribution >= 4 is 0 Å². The molecule has 0 spiro atoms. The van der Waals surface area contributed by atoms with Gasteiger partial charge in [-0.25, -0.2) is 5.43 Å². The van der Waals surface area contributed by atoms with Crippen molar-refractivity contribution in [3.63, 3.8) is 0 Å². The summed E-state index contributed by atoms with van der Waals surface area (Å²) in [4.78, 5) is 0. The molecule has 1 aromatic rings. The van der Waals surface area contributed by atoms with Crippen molar-refractivity contribution in [2.24, 2.45) is 5.92 Å². The van der Waals surface area contributed by atoms with Gasteiger partial charge in [-0.1, -0.05) is 49.6 Å². The Kier molecular flexibility index (Phi) is 4.49. The molecule has 3 heteroatoms. The standard InChI is InChI=1S/C16H25N3/c1-3-7-13(8-4-1)16-14(12-18-19-16)11-17-15-9-5-2-6-10-15/h1,3-4,7-8,14-19H,2,5-6,9-12H2. The van der Waals surface area contributed by atoms with Gasteiger partial charge in [-0.15, -0.1) is 0 Å². The van der Waals surface area contributed by atoms with E-state index in [1.54, 1.807) is 0 Å². The van der Waals surface area contributed by atoms with Crippen molar-refractivity contribution in [2.75, 3.05) is 13.1 Å². The van der Waals surface area contributed by atoms with Gasteiger partial charge in [0.2, 0.25) is 0 Å². The second-order valence-electron chi connectivity index (χ2n) is 5.92. The van der Waals surface area contributed by atoms with Crippen molar-refractivity contribution in [1.82, 2.24) is 16.2 Å². The SMILES string of the molecule is c1ccc(C2NNCC2CNC2CCCCC2)cc1. The summed E-state index contributed by atoms with van der Waals surface area (Å²) in [5, 5.41) is 3.78. The lowest BCUT2D eigenvalue weighted by molar-refractivity contribution is 0.339. The molecule has 3 rings (SSSR count). The first-order valence-corrected chi connectivity index (χ1v) is 7.70. The Morgan fingerprint density at radius 1 is 1.05 bits per heavy atom. The molecule has 19 heavy (non-hydrogen) atoms. The molecule has 1 aromatic carbocycles. The normalized spacial score (nSPS) is 28.6. The van der Waals surface area contributed by atoms with E-state index < -0.39 is 0 Å². The third kappa shape index (κ3) is 3.35. The van der Waals surface area contributed by atoms with Gasteiger partial charge < -0.3 is 5.32 Å². The molecule has 1 saturated carbocycles. The molecule has 2 aliphatic rings. The van der Waals surface area contributed by atoms with Crippen LogP contribution in [0.25, 0.3) is 0 Å². The van der Waals surface area contributed by atoms with Gasteiger partial charge in [-0.05, 0) is 18.4 Å². The van der Waals surface area contributed by atoms with E-state index in [4.69, 9.17) is 0 Å². The highest BCUT2D eigenvalue weighted by Crippen LogP contribution is 2.25. The number of hydrazine groups is 1. The molecule has 1 heterocycles. The minimum absolute atomic E-state index is 0.442. The molecule has 1 saturated heterocycles. The van der Waals surface area contributed by atoms with Crippen LogP contribution in [0.1, 0.15) is 43.7 Å². The Morgan fingerprint density at radius 3 is 2.63 bits per heavy atom. The third-order valence-corrected chi connectivity index (χ3v) is 4.53. The first-order valence-electron chi connectivity index (χ1n) is 7.70. The smallest absolute Gasteiger partial charge is 0.0515 e. The van der Waals surface area contributed by atoms with Gasteiger partial charge in [-0.2, -0.15) is 0 Å². The number of nitrogens with one attached hydrogen (secondary N) is 3. The van der Waals surface area contributed by atoms with Crippen molar-refractivity contribution in [3.05, 3.63) is 35.9 Å². The van der Waals surface area contributed by atoms with Crippen LogP contribution < -0.4 is 16.2 Å². The second-order valence-corrected chi connectivity index (χ2v) is 5.92. The summed E-state index contributed by atoms with van der Waals surface area (Å²) in [6.07, 6.45) is 6.96. The molecule has 2 fully saturated rings. The van der Waals surface area contributed by atoms with Crippen LogP contribution in [0.15, 0.2) is 30.3 Å². The molecule has 0 amide bonds. The molecular formula is C16H25N3. The Labute approximate surface area is 116 Å². The molecule has 104 valence electrons. The summed E-state index contributed by atoms with van der Waals surface area (Å²) in [5.74, 6) is 0.643. The first kappa shape index (κ1) is 13.1. The quantitative estimate of drug-likeness (QED) is 0.777. The zero-order valence-corrected chi connectivity index (χ0v) is 11.6. The summed E-state index contributed by atoms with van der Waals surface area (Å²) in [5.41, 5.74) is 8.13. The highest BCUT2D eigenvalue weighted by molar-refractivity contribution is 5.20. The number of benzene rings is 1. The monoisotopic (exact) mass is 259 g/mol. The van der Waals surface area contributed by atoms with Crippen LogP contribution in [0.4, 0.5) is 0 Å². The van der Waals surface area contributed by atoms with E-state index in [2.05, 4.69) is 46.5 Å². The van der Waals surface area contributed by atoms with Crippen molar-refractivity contribution < 1.29 is 0 Å². The molecule has 3 nitrogen and oxygen atoms in total. The zero-order valence-electron chi connectivity index (χ0n) is 11.6. The molecule has 0 aromatic heterocycles. The predicted octanol–water partition coefficient (Wildman–Crippen LogP) is 2.37. The van der Waals surface area contributed by atoms with Gasteiger partial charge in [-0.3, -0.25) is 5.43 Å². The second kappa shape index (κ2) is 6.51. The van der Waals surface area contributed by atoms with Gasteiger partial charge in [0, 0.05) is 25.0 Å². The Hall–Kier alpha value is -0.900. The van der Waals surface area contributed by atoms with E-state index in [1.165, 1.54) is 37.7 Å². The topological polar surface area (TPSA) is 36.1 Å². The maximum absolute atomic E-state index is 3.78. The highest BCUT2D eigenvalue weighted by Gasteiger charge is 2.28. The summed E-state index contributed by atoms with van der Waals surface area (Å²) < 4.78 is 0. The summed E-state index contributed by atoms with van der Waals surface area (Å²) in [6, 6.07) is 12.0. The van der Waals surface area contributed by atoms with E-state index in [9.17, 15) is 0 Å². The van der Waals surface area contributed by atoms with Crippen LogP contribution in [0.5, 0.6) is 0 Å². The fraction of sp³-hybridized carbons (Fsp3) is 0.625. The average Bonchev–Trinajstić information content (AvgIpc) is 2.95. The van der Waals surface area contributed by atoms with Crippen LogP contribution in [-0.2, 0) is 0 Å². The fourth-order valence-corrected chi connectivity index (χ4v) is 3.37. The minimum Gasteiger partial charge on any atom is -0.314 e. The highest BCUT2D eigenvalue weighted by atomic mass is 15.4. The van der Waals surface area contributed by atoms with Gasteiger partial charge in [0.15, 0.2) is 0 Å². The van der Waals surface area contributed by atoms with Crippen molar-refractivity contribution in [1.29, 1.82) is 0 Å². The summed E-state index contributed by atoms with van der Waals surface area (Å²) in [7, 11) is 0.